The Morgan fingerprint density at radius 3 is 2.75 bits per heavy atom. The number of anilines is 1. The molecular formula is C10H12N2O4. The summed E-state index contributed by atoms with van der Waals surface area (Å²) in [4.78, 5) is 20.4. The minimum Gasteiger partial charge on any atom is -0.481 e. The molecule has 0 spiro atoms. The largest absolute Gasteiger partial charge is 0.481 e. The fraction of sp³-hybridized carbons (Fsp3) is 0.300. The summed E-state index contributed by atoms with van der Waals surface area (Å²) in [6.07, 6.45) is 0.00996. The summed E-state index contributed by atoms with van der Waals surface area (Å²) in [7, 11) is 0. The van der Waals surface area contributed by atoms with Crippen LogP contribution >= 0.6 is 0 Å². The van der Waals surface area contributed by atoms with Crippen molar-refractivity contribution in [1.29, 1.82) is 0 Å². The first-order valence-electron chi connectivity index (χ1n) is 4.71. The van der Waals surface area contributed by atoms with E-state index in [1.807, 2.05) is 0 Å². The number of aliphatic carboxylic acids is 1. The van der Waals surface area contributed by atoms with Gasteiger partial charge in [0.2, 0.25) is 0 Å². The lowest BCUT2D eigenvalue weighted by Gasteiger charge is -2.05. The fourth-order valence-electron chi connectivity index (χ4n) is 1.28. The molecule has 0 aliphatic heterocycles. The maximum Gasteiger partial charge on any atom is 0.305 e. The molecule has 0 amide bonds. The highest BCUT2D eigenvalue weighted by molar-refractivity contribution is 5.67. The Morgan fingerprint density at radius 1 is 1.56 bits per heavy atom. The van der Waals surface area contributed by atoms with E-state index in [1.165, 1.54) is 6.07 Å². The van der Waals surface area contributed by atoms with Gasteiger partial charge in [-0.3, -0.25) is 14.9 Å². The van der Waals surface area contributed by atoms with Crippen LogP contribution in [0.2, 0.25) is 0 Å². The summed E-state index contributed by atoms with van der Waals surface area (Å²) < 4.78 is 0. The van der Waals surface area contributed by atoms with Crippen LogP contribution in [0.3, 0.4) is 0 Å². The maximum absolute atomic E-state index is 10.5. The third kappa shape index (κ3) is 3.23. The first-order valence-corrected chi connectivity index (χ1v) is 4.71. The average molecular weight is 224 g/mol. The predicted molar refractivity (Wildman–Crippen MR) is 58.6 cm³/mol. The molecule has 1 aromatic carbocycles. The number of aryl methyl sites for hydroxylation is 1. The Hall–Kier alpha value is -2.11. The fourth-order valence-corrected chi connectivity index (χ4v) is 1.28. The molecule has 2 N–H and O–H groups in total. The Bertz CT molecular complexity index is 417. The van der Waals surface area contributed by atoms with E-state index < -0.39 is 10.9 Å². The van der Waals surface area contributed by atoms with Gasteiger partial charge in [-0.25, -0.2) is 0 Å². The Balaban J connectivity index is 2.66. The van der Waals surface area contributed by atoms with Crippen molar-refractivity contribution >= 4 is 17.3 Å². The van der Waals surface area contributed by atoms with Gasteiger partial charge in [0, 0.05) is 23.9 Å². The van der Waals surface area contributed by atoms with Gasteiger partial charge in [0.1, 0.15) is 0 Å². The molecule has 0 aromatic heterocycles. The lowest BCUT2D eigenvalue weighted by molar-refractivity contribution is -0.385. The molecule has 16 heavy (non-hydrogen) atoms. The van der Waals surface area contributed by atoms with E-state index in [-0.39, 0.29) is 12.1 Å². The summed E-state index contributed by atoms with van der Waals surface area (Å²) in [5.41, 5.74) is 1.29. The number of rotatable bonds is 5. The van der Waals surface area contributed by atoms with Gasteiger partial charge >= 0.3 is 5.97 Å². The minimum atomic E-state index is -0.883. The van der Waals surface area contributed by atoms with Crippen molar-refractivity contribution < 1.29 is 14.8 Å². The van der Waals surface area contributed by atoms with Crippen molar-refractivity contribution in [2.75, 3.05) is 11.9 Å². The van der Waals surface area contributed by atoms with Crippen molar-refractivity contribution in [1.82, 2.24) is 0 Å². The predicted octanol–water partition coefficient (Wildman–Crippen LogP) is 1.79. The minimum absolute atomic E-state index is 0.00996. The lowest BCUT2D eigenvalue weighted by atomic mass is 10.2. The van der Waals surface area contributed by atoms with Crippen LogP contribution in [0.4, 0.5) is 11.4 Å². The summed E-state index contributed by atoms with van der Waals surface area (Å²) in [6.45, 7) is 1.94. The summed E-state index contributed by atoms with van der Waals surface area (Å²) in [5, 5.41) is 21.9. The number of nitro benzene ring substituents is 1. The van der Waals surface area contributed by atoms with Crippen molar-refractivity contribution in [3.05, 3.63) is 33.9 Å². The third-order valence-corrected chi connectivity index (χ3v) is 2.06. The van der Waals surface area contributed by atoms with Crippen LogP contribution < -0.4 is 5.32 Å². The first-order chi connectivity index (χ1) is 7.50. The zero-order valence-electron chi connectivity index (χ0n) is 8.77. The molecule has 86 valence electrons. The van der Waals surface area contributed by atoms with Crippen LogP contribution in [-0.2, 0) is 4.79 Å². The third-order valence-electron chi connectivity index (χ3n) is 2.06. The van der Waals surface area contributed by atoms with Gasteiger partial charge in [0.05, 0.1) is 11.3 Å². The van der Waals surface area contributed by atoms with Gasteiger partial charge in [-0.1, -0.05) is 0 Å². The number of carboxylic acid groups (broad SMARTS) is 1. The zero-order valence-corrected chi connectivity index (χ0v) is 8.77. The molecule has 1 rings (SSSR count). The first kappa shape index (κ1) is 12.0. The number of carboxylic acids is 1. The summed E-state index contributed by atoms with van der Waals surface area (Å²) >= 11 is 0. The van der Waals surface area contributed by atoms with Gasteiger partial charge in [0.25, 0.3) is 5.69 Å². The van der Waals surface area contributed by atoms with E-state index in [0.717, 1.165) is 0 Å². The van der Waals surface area contributed by atoms with Gasteiger partial charge in [-0.15, -0.1) is 0 Å². The number of nitrogens with one attached hydrogen (secondary N) is 1. The Morgan fingerprint density at radius 2 is 2.25 bits per heavy atom. The van der Waals surface area contributed by atoms with Crippen LogP contribution in [0, 0.1) is 17.0 Å². The monoisotopic (exact) mass is 224 g/mol. The molecule has 6 nitrogen and oxygen atoms in total. The molecule has 0 aliphatic carbocycles. The highest BCUT2D eigenvalue weighted by atomic mass is 16.6. The van der Waals surface area contributed by atoms with E-state index in [9.17, 15) is 14.9 Å². The van der Waals surface area contributed by atoms with Crippen molar-refractivity contribution in [2.24, 2.45) is 0 Å². The zero-order chi connectivity index (χ0) is 12.1. The Kier molecular flexibility index (Phi) is 3.82. The Labute approximate surface area is 92.0 Å². The van der Waals surface area contributed by atoms with Gasteiger partial charge in [0.15, 0.2) is 0 Å². The molecule has 0 aliphatic rings. The second kappa shape index (κ2) is 5.11. The van der Waals surface area contributed by atoms with Crippen LogP contribution in [0.25, 0.3) is 0 Å². The number of hydrogen-bond donors (Lipinski definition) is 2. The molecule has 0 atom stereocenters. The summed E-state index contributed by atoms with van der Waals surface area (Å²) in [5.74, 6) is -0.883. The molecular weight excluding hydrogens is 212 g/mol. The molecule has 0 saturated heterocycles. The van der Waals surface area contributed by atoms with Crippen LogP contribution in [0.1, 0.15) is 12.0 Å². The van der Waals surface area contributed by atoms with Crippen molar-refractivity contribution in [3.63, 3.8) is 0 Å². The standard InChI is InChI=1S/C10H12N2O4/c1-7-6-8(11-5-4-10(13)14)2-3-9(7)12(15)16/h2-3,6,11H,4-5H2,1H3,(H,13,14). The van der Waals surface area contributed by atoms with E-state index in [0.29, 0.717) is 17.8 Å². The number of benzene rings is 1. The second-order valence-corrected chi connectivity index (χ2v) is 3.33. The highest BCUT2D eigenvalue weighted by Crippen LogP contribution is 2.21. The molecule has 6 heteroatoms. The number of nitrogens with zero attached hydrogens (tertiary/aromatic N) is 1. The molecule has 0 bridgehead atoms. The van der Waals surface area contributed by atoms with Gasteiger partial charge in [-0.2, -0.15) is 0 Å². The van der Waals surface area contributed by atoms with E-state index in [2.05, 4.69) is 5.32 Å². The SMILES string of the molecule is Cc1cc(NCCC(=O)O)ccc1[N+](=O)[O-]. The second-order valence-electron chi connectivity index (χ2n) is 3.33. The van der Waals surface area contributed by atoms with Crippen LogP contribution in [-0.4, -0.2) is 22.5 Å². The molecule has 0 saturated carbocycles. The quantitative estimate of drug-likeness (QED) is 0.587. The molecule has 0 heterocycles. The lowest BCUT2D eigenvalue weighted by Crippen LogP contribution is -2.07. The maximum atomic E-state index is 10.5. The number of carbonyl (C=O) groups is 1. The van der Waals surface area contributed by atoms with Gasteiger partial charge < -0.3 is 10.4 Å². The van der Waals surface area contributed by atoms with E-state index >= 15 is 0 Å². The van der Waals surface area contributed by atoms with E-state index in [4.69, 9.17) is 5.11 Å². The van der Waals surface area contributed by atoms with Gasteiger partial charge in [-0.05, 0) is 19.1 Å². The number of hydrogen-bond acceptors (Lipinski definition) is 4. The molecule has 1 aromatic rings. The molecule has 0 radical (unpaired) electrons. The smallest absolute Gasteiger partial charge is 0.305 e. The molecule has 0 fully saturated rings. The number of nitro groups is 1. The topological polar surface area (TPSA) is 92.5 Å². The van der Waals surface area contributed by atoms with Crippen LogP contribution in [0.15, 0.2) is 18.2 Å². The average Bonchev–Trinajstić information content (AvgIpc) is 2.16. The molecule has 0 unspecified atom stereocenters. The highest BCUT2D eigenvalue weighted by Gasteiger charge is 2.09. The summed E-state index contributed by atoms with van der Waals surface area (Å²) in [6, 6.07) is 4.59. The van der Waals surface area contributed by atoms with E-state index in [1.54, 1.807) is 19.1 Å². The normalized spacial score (nSPS) is 9.81. The van der Waals surface area contributed by atoms with Crippen molar-refractivity contribution in [2.45, 2.75) is 13.3 Å². The van der Waals surface area contributed by atoms with Crippen molar-refractivity contribution in [3.8, 4) is 0 Å². The van der Waals surface area contributed by atoms with Crippen LogP contribution in [0.5, 0.6) is 0 Å².